The van der Waals surface area contributed by atoms with E-state index in [1.807, 2.05) is 32.2 Å². The van der Waals surface area contributed by atoms with Crippen LogP contribution in [0.2, 0.25) is 5.02 Å². The maximum absolute atomic E-state index is 13.2. The Morgan fingerprint density at radius 1 is 1.18 bits per heavy atom. The standard InChI is InChI=1S/C26H27ClN4O3/c1-15-11-18(7-8-28-15)17-3-5-20-22(12-17)29-23-13-19(4-6-21(23)24(20)27)25(32)30-9-10-31(26(33)34)16(2)14-30/h4,6-8,11,13,16-17H,3,5,9-10,12,14H2,1-2H3,(H,33,34)/t16-,17?/m0/s1. The average molecular weight is 479 g/mol. The predicted octanol–water partition coefficient (Wildman–Crippen LogP) is 4.69. The number of halogens is 1. The van der Waals surface area contributed by atoms with Gasteiger partial charge in [-0.3, -0.25) is 14.8 Å². The molecule has 1 saturated heterocycles. The first-order valence-corrected chi connectivity index (χ1v) is 12.0. The van der Waals surface area contributed by atoms with Crippen molar-refractivity contribution >= 4 is 34.5 Å². The number of fused-ring (bicyclic) bond motifs is 2. The Morgan fingerprint density at radius 3 is 2.74 bits per heavy atom. The van der Waals surface area contributed by atoms with E-state index in [0.29, 0.717) is 31.1 Å². The Hall–Kier alpha value is -3.19. The van der Waals surface area contributed by atoms with E-state index in [-0.39, 0.29) is 11.9 Å². The lowest BCUT2D eigenvalue weighted by atomic mass is 9.82. The van der Waals surface area contributed by atoms with Crippen molar-refractivity contribution in [3.63, 3.8) is 0 Å². The van der Waals surface area contributed by atoms with Crippen LogP contribution in [0.5, 0.6) is 0 Å². The van der Waals surface area contributed by atoms with E-state index < -0.39 is 6.09 Å². The van der Waals surface area contributed by atoms with Crippen molar-refractivity contribution in [1.82, 2.24) is 19.8 Å². The third kappa shape index (κ3) is 4.09. The van der Waals surface area contributed by atoms with E-state index in [1.165, 1.54) is 10.5 Å². The zero-order valence-electron chi connectivity index (χ0n) is 19.3. The summed E-state index contributed by atoms with van der Waals surface area (Å²) in [4.78, 5) is 36.9. The molecular formula is C26H27ClN4O3. The minimum absolute atomic E-state index is 0.112. The van der Waals surface area contributed by atoms with Gasteiger partial charge in [0.2, 0.25) is 0 Å². The second-order valence-corrected chi connectivity index (χ2v) is 9.71. The molecule has 0 spiro atoms. The van der Waals surface area contributed by atoms with E-state index in [0.717, 1.165) is 52.1 Å². The van der Waals surface area contributed by atoms with Gasteiger partial charge in [-0.2, -0.15) is 0 Å². The lowest BCUT2D eigenvalue weighted by molar-refractivity contribution is 0.0507. The van der Waals surface area contributed by atoms with E-state index in [9.17, 15) is 14.7 Å². The quantitative estimate of drug-likeness (QED) is 0.577. The molecule has 34 heavy (non-hydrogen) atoms. The second kappa shape index (κ2) is 8.87. The summed E-state index contributed by atoms with van der Waals surface area (Å²) in [5.74, 6) is 0.256. The molecule has 0 saturated carbocycles. The number of aryl methyl sites for hydroxylation is 1. The predicted molar refractivity (Wildman–Crippen MR) is 131 cm³/mol. The van der Waals surface area contributed by atoms with Crippen LogP contribution in [0.25, 0.3) is 10.9 Å². The number of rotatable bonds is 2. The van der Waals surface area contributed by atoms with Crippen molar-refractivity contribution in [3.05, 3.63) is 69.6 Å². The van der Waals surface area contributed by atoms with Gasteiger partial charge in [0, 0.05) is 54.2 Å². The van der Waals surface area contributed by atoms with Crippen LogP contribution in [0.4, 0.5) is 4.79 Å². The zero-order valence-corrected chi connectivity index (χ0v) is 20.0. The highest BCUT2D eigenvalue weighted by atomic mass is 35.5. The first-order chi connectivity index (χ1) is 16.3. The fourth-order valence-corrected chi connectivity index (χ4v) is 5.60. The van der Waals surface area contributed by atoms with Crippen LogP contribution in [-0.4, -0.2) is 62.6 Å². The van der Waals surface area contributed by atoms with Crippen molar-refractivity contribution in [1.29, 1.82) is 0 Å². The second-order valence-electron chi connectivity index (χ2n) is 9.33. The summed E-state index contributed by atoms with van der Waals surface area (Å²) in [6, 6.07) is 9.47. The first-order valence-electron chi connectivity index (χ1n) is 11.6. The molecule has 2 aromatic heterocycles. The van der Waals surface area contributed by atoms with E-state index >= 15 is 0 Å². The normalized spacial score (nSPS) is 20.3. The van der Waals surface area contributed by atoms with Crippen molar-refractivity contribution in [3.8, 4) is 0 Å². The molecule has 3 heterocycles. The topological polar surface area (TPSA) is 86.6 Å². The Labute approximate surface area is 203 Å². The fraction of sp³-hybridized carbons (Fsp3) is 0.385. The molecule has 176 valence electrons. The molecule has 1 aliphatic heterocycles. The van der Waals surface area contributed by atoms with E-state index in [1.54, 1.807) is 11.0 Å². The number of pyridine rings is 2. The van der Waals surface area contributed by atoms with Gasteiger partial charge in [-0.1, -0.05) is 17.7 Å². The molecule has 1 unspecified atom stereocenters. The van der Waals surface area contributed by atoms with Crippen LogP contribution in [0.1, 0.15) is 52.1 Å². The van der Waals surface area contributed by atoms with Crippen LogP contribution in [0.15, 0.2) is 36.5 Å². The van der Waals surface area contributed by atoms with Crippen LogP contribution in [0, 0.1) is 6.92 Å². The Morgan fingerprint density at radius 2 is 2.00 bits per heavy atom. The number of carbonyl (C=O) groups excluding carboxylic acids is 1. The Balaban J connectivity index is 1.43. The highest BCUT2D eigenvalue weighted by molar-refractivity contribution is 6.36. The van der Waals surface area contributed by atoms with Gasteiger partial charge in [0.1, 0.15) is 0 Å². The summed E-state index contributed by atoms with van der Waals surface area (Å²) in [6.45, 7) is 4.88. The van der Waals surface area contributed by atoms with Gasteiger partial charge in [-0.25, -0.2) is 4.79 Å². The molecule has 7 nitrogen and oxygen atoms in total. The largest absolute Gasteiger partial charge is 0.465 e. The fourth-order valence-electron chi connectivity index (χ4n) is 5.24. The number of hydrogen-bond acceptors (Lipinski definition) is 4. The molecule has 0 radical (unpaired) electrons. The monoisotopic (exact) mass is 478 g/mol. The number of carboxylic acid groups (broad SMARTS) is 1. The summed E-state index contributed by atoms with van der Waals surface area (Å²) in [5.41, 5.74) is 5.65. The highest BCUT2D eigenvalue weighted by Crippen LogP contribution is 2.38. The van der Waals surface area contributed by atoms with E-state index in [4.69, 9.17) is 16.6 Å². The summed E-state index contributed by atoms with van der Waals surface area (Å²) in [7, 11) is 0. The maximum atomic E-state index is 13.2. The lowest BCUT2D eigenvalue weighted by Crippen LogP contribution is -2.55. The molecule has 1 aromatic carbocycles. The van der Waals surface area contributed by atoms with Gasteiger partial charge >= 0.3 is 6.09 Å². The van der Waals surface area contributed by atoms with Crippen molar-refractivity contribution < 1.29 is 14.7 Å². The number of amides is 2. The van der Waals surface area contributed by atoms with Gasteiger partial charge in [0.05, 0.1) is 10.5 Å². The summed E-state index contributed by atoms with van der Waals surface area (Å²) < 4.78 is 0. The SMILES string of the molecule is Cc1cc(C2CCc3c(nc4cc(C(=O)N5CCN(C(=O)O)[C@@H](C)C5)ccc4c3Cl)C2)ccn1. The molecule has 1 N–H and O–H groups in total. The molecule has 1 fully saturated rings. The molecular weight excluding hydrogens is 452 g/mol. The molecule has 5 rings (SSSR count). The maximum Gasteiger partial charge on any atom is 0.407 e. The van der Waals surface area contributed by atoms with Gasteiger partial charge in [-0.05, 0) is 74.4 Å². The van der Waals surface area contributed by atoms with Crippen LogP contribution in [0.3, 0.4) is 0 Å². The smallest absolute Gasteiger partial charge is 0.407 e. The molecule has 8 heteroatoms. The Kier molecular flexibility index (Phi) is 5.90. The number of aromatic nitrogens is 2. The average Bonchev–Trinajstić information content (AvgIpc) is 2.82. The van der Waals surface area contributed by atoms with Gasteiger partial charge in [-0.15, -0.1) is 0 Å². The number of benzene rings is 1. The summed E-state index contributed by atoms with van der Waals surface area (Å²) in [5, 5.41) is 10.9. The van der Waals surface area contributed by atoms with Gasteiger partial charge in [0.15, 0.2) is 0 Å². The van der Waals surface area contributed by atoms with Crippen molar-refractivity contribution in [2.45, 2.75) is 45.1 Å². The van der Waals surface area contributed by atoms with Crippen LogP contribution in [-0.2, 0) is 12.8 Å². The van der Waals surface area contributed by atoms with Gasteiger partial charge in [0.25, 0.3) is 5.91 Å². The highest BCUT2D eigenvalue weighted by Gasteiger charge is 2.30. The summed E-state index contributed by atoms with van der Waals surface area (Å²) in [6.07, 6.45) is 3.60. The van der Waals surface area contributed by atoms with Crippen LogP contribution < -0.4 is 0 Å². The van der Waals surface area contributed by atoms with Crippen LogP contribution >= 0.6 is 11.6 Å². The van der Waals surface area contributed by atoms with Gasteiger partial charge < -0.3 is 14.9 Å². The first kappa shape index (κ1) is 22.6. The molecule has 3 aromatic rings. The third-order valence-corrected chi connectivity index (χ3v) is 7.52. The lowest BCUT2D eigenvalue weighted by Gasteiger charge is -2.38. The minimum atomic E-state index is -0.950. The molecule has 0 bridgehead atoms. The van der Waals surface area contributed by atoms with E-state index in [2.05, 4.69) is 17.1 Å². The minimum Gasteiger partial charge on any atom is -0.465 e. The number of nitrogens with zero attached hydrogens (tertiary/aromatic N) is 4. The number of hydrogen-bond donors (Lipinski definition) is 1. The number of piperazine rings is 1. The molecule has 2 aliphatic rings. The number of carbonyl (C=O) groups is 2. The van der Waals surface area contributed by atoms with Crippen molar-refractivity contribution in [2.75, 3.05) is 19.6 Å². The molecule has 2 atom stereocenters. The Bertz CT molecular complexity index is 1290. The van der Waals surface area contributed by atoms with Crippen molar-refractivity contribution in [2.24, 2.45) is 0 Å². The zero-order chi connectivity index (χ0) is 24.0. The third-order valence-electron chi connectivity index (χ3n) is 7.08. The molecule has 2 amide bonds. The molecule has 1 aliphatic carbocycles. The summed E-state index contributed by atoms with van der Waals surface area (Å²) >= 11 is 6.82.